The molecule has 0 saturated heterocycles. The van der Waals surface area contributed by atoms with Crippen LogP contribution in [0.3, 0.4) is 0 Å². The van der Waals surface area contributed by atoms with Gasteiger partial charge in [-0.15, -0.1) is 0 Å². The maximum atomic E-state index is 10.7. The van der Waals surface area contributed by atoms with E-state index in [0.717, 1.165) is 55.4 Å². The van der Waals surface area contributed by atoms with Gasteiger partial charge in [0, 0.05) is 38.3 Å². The lowest BCUT2D eigenvalue weighted by Gasteiger charge is -2.27. The van der Waals surface area contributed by atoms with Gasteiger partial charge in [0.2, 0.25) is 0 Å². The van der Waals surface area contributed by atoms with Gasteiger partial charge in [-0.25, -0.2) is 0 Å². The number of hydrogen-bond acceptors (Lipinski definition) is 2. The number of para-hydroxylation sites is 2. The van der Waals surface area contributed by atoms with Crippen LogP contribution >= 0.6 is 0 Å². The molecular weight excluding hydrogens is 432 g/mol. The summed E-state index contributed by atoms with van der Waals surface area (Å²) >= 11 is 0. The first kappa shape index (κ1) is 21.1. The Kier molecular flexibility index (Phi) is 4.71. The molecule has 6 aromatic rings. The van der Waals surface area contributed by atoms with Gasteiger partial charge in [-0.2, -0.15) is 0 Å². The Labute approximate surface area is 203 Å². The number of phenolic OH excluding ortho intramolecular Hbond substituents is 2. The van der Waals surface area contributed by atoms with Crippen molar-refractivity contribution in [3.8, 4) is 34.0 Å². The second-order valence-corrected chi connectivity index (χ2v) is 9.63. The summed E-state index contributed by atoms with van der Waals surface area (Å²) in [5.74, 6) is 0.473. The Balaban J connectivity index is 1.43. The molecule has 6 rings (SSSR count). The van der Waals surface area contributed by atoms with Gasteiger partial charge < -0.3 is 20.2 Å². The molecule has 4 heteroatoms. The number of benzene rings is 4. The lowest BCUT2D eigenvalue weighted by Crippen LogP contribution is -2.19. The molecule has 0 unspecified atom stereocenters. The Morgan fingerprint density at radius 1 is 0.543 bits per heavy atom. The van der Waals surface area contributed by atoms with Crippen molar-refractivity contribution in [1.29, 1.82) is 0 Å². The highest BCUT2D eigenvalue weighted by atomic mass is 16.3. The molecule has 0 aliphatic rings. The highest BCUT2D eigenvalue weighted by molar-refractivity contribution is 5.88. The number of aromatic hydroxyl groups is 2. The third-order valence-electron chi connectivity index (χ3n) is 7.08. The molecule has 4 nitrogen and oxygen atoms in total. The Hall–Kier alpha value is -4.44. The molecular formula is C31H26N2O2. The maximum absolute atomic E-state index is 10.7. The molecule has 0 saturated carbocycles. The Bertz CT molecular complexity index is 1510. The van der Waals surface area contributed by atoms with Crippen LogP contribution in [0.2, 0.25) is 0 Å². The minimum atomic E-state index is -0.372. The van der Waals surface area contributed by atoms with E-state index in [0.29, 0.717) is 0 Å². The first-order valence-corrected chi connectivity index (χ1v) is 11.7. The zero-order chi connectivity index (χ0) is 24.2. The summed E-state index contributed by atoms with van der Waals surface area (Å²) in [4.78, 5) is 6.85. The smallest absolute Gasteiger partial charge is 0.124 e. The molecule has 0 spiro atoms. The van der Waals surface area contributed by atoms with E-state index in [4.69, 9.17) is 0 Å². The van der Waals surface area contributed by atoms with Crippen molar-refractivity contribution in [1.82, 2.24) is 9.97 Å². The number of H-pyrrole nitrogens is 2. The van der Waals surface area contributed by atoms with Crippen molar-refractivity contribution >= 4 is 21.8 Å². The van der Waals surface area contributed by atoms with Gasteiger partial charge in [-0.3, -0.25) is 0 Å². The van der Waals surface area contributed by atoms with Crippen LogP contribution in [0.4, 0.5) is 0 Å². The molecule has 0 bridgehead atoms. The molecule has 2 heterocycles. The van der Waals surface area contributed by atoms with Crippen molar-refractivity contribution in [2.45, 2.75) is 19.3 Å². The zero-order valence-electron chi connectivity index (χ0n) is 19.6. The topological polar surface area (TPSA) is 72.0 Å². The third-order valence-corrected chi connectivity index (χ3v) is 7.08. The van der Waals surface area contributed by atoms with E-state index in [1.807, 2.05) is 48.5 Å². The van der Waals surface area contributed by atoms with Gasteiger partial charge in [0.25, 0.3) is 0 Å². The van der Waals surface area contributed by atoms with Crippen LogP contribution in [0.5, 0.6) is 11.5 Å². The van der Waals surface area contributed by atoms with Gasteiger partial charge in [-0.05, 0) is 59.7 Å². The van der Waals surface area contributed by atoms with Crippen molar-refractivity contribution < 1.29 is 10.2 Å². The molecule has 0 fully saturated rings. The number of fused-ring (bicyclic) bond motifs is 2. The normalized spacial score (nSPS) is 11.9. The van der Waals surface area contributed by atoms with Gasteiger partial charge in [-0.1, -0.05) is 62.4 Å². The van der Waals surface area contributed by atoms with Crippen LogP contribution in [0.15, 0.2) is 97.1 Å². The Morgan fingerprint density at radius 2 is 0.971 bits per heavy atom. The van der Waals surface area contributed by atoms with Crippen molar-refractivity contribution in [3.63, 3.8) is 0 Å². The van der Waals surface area contributed by atoms with Crippen LogP contribution in [-0.4, -0.2) is 20.2 Å². The second kappa shape index (κ2) is 7.81. The van der Waals surface area contributed by atoms with Gasteiger partial charge in [0.05, 0.1) is 11.4 Å². The third kappa shape index (κ3) is 3.55. The van der Waals surface area contributed by atoms with Gasteiger partial charge in [0.1, 0.15) is 11.5 Å². The fourth-order valence-corrected chi connectivity index (χ4v) is 4.88. The molecule has 172 valence electrons. The first-order chi connectivity index (χ1) is 16.9. The van der Waals surface area contributed by atoms with Crippen LogP contribution in [0.25, 0.3) is 44.3 Å². The second-order valence-electron chi connectivity index (χ2n) is 9.63. The summed E-state index contributed by atoms with van der Waals surface area (Å²) in [7, 11) is 0. The number of nitrogens with one attached hydrogen (secondary N) is 2. The van der Waals surface area contributed by atoms with Crippen LogP contribution in [0, 0.1) is 0 Å². The summed E-state index contributed by atoms with van der Waals surface area (Å²) in [5.41, 5.74) is 7.12. The number of phenols is 2. The summed E-state index contributed by atoms with van der Waals surface area (Å²) in [6.45, 7) is 4.32. The molecule has 2 aromatic heterocycles. The standard InChI is InChI=1S/C31H26N2O2/c1-31(2,21-11-13-29(34)23(17-21)27-15-19-7-3-5-9-25(19)32-27)22-12-14-30(35)24(18-22)28-16-20-8-4-6-10-26(20)33-28/h3-18,32-35H,1-2H3. The molecule has 35 heavy (non-hydrogen) atoms. The van der Waals surface area contributed by atoms with Crippen molar-refractivity contribution in [2.24, 2.45) is 0 Å². The Morgan fingerprint density at radius 3 is 1.40 bits per heavy atom. The highest BCUT2D eigenvalue weighted by Crippen LogP contribution is 2.41. The highest BCUT2D eigenvalue weighted by Gasteiger charge is 2.26. The van der Waals surface area contributed by atoms with Crippen LogP contribution in [0.1, 0.15) is 25.0 Å². The van der Waals surface area contributed by atoms with Crippen LogP contribution < -0.4 is 0 Å². The number of aromatic nitrogens is 2. The first-order valence-electron chi connectivity index (χ1n) is 11.7. The minimum absolute atomic E-state index is 0.237. The fraction of sp³-hybridized carbons (Fsp3) is 0.0968. The number of rotatable bonds is 4. The molecule has 4 N–H and O–H groups in total. The number of hydrogen-bond donors (Lipinski definition) is 4. The van der Waals surface area contributed by atoms with Crippen molar-refractivity contribution in [2.75, 3.05) is 0 Å². The molecule has 0 amide bonds. The quantitative estimate of drug-likeness (QED) is 0.218. The summed E-state index contributed by atoms with van der Waals surface area (Å²) < 4.78 is 0. The van der Waals surface area contributed by atoms with Crippen LogP contribution in [-0.2, 0) is 5.41 Å². The van der Waals surface area contributed by atoms with Gasteiger partial charge >= 0.3 is 0 Å². The zero-order valence-corrected chi connectivity index (χ0v) is 19.6. The predicted molar refractivity (Wildman–Crippen MR) is 143 cm³/mol. The van der Waals surface area contributed by atoms with E-state index in [2.05, 4.69) is 60.2 Å². The molecule has 4 aromatic carbocycles. The monoisotopic (exact) mass is 458 g/mol. The molecule has 0 aliphatic carbocycles. The SMILES string of the molecule is CC(C)(c1ccc(O)c(-c2cc3ccccc3[nH]2)c1)c1ccc(O)c(-c2cc3ccccc3[nH]2)c1. The summed E-state index contributed by atoms with van der Waals surface area (Å²) in [5, 5.41) is 23.6. The summed E-state index contributed by atoms with van der Waals surface area (Å²) in [6, 6.07) is 31.9. The van der Waals surface area contributed by atoms with Crippen molar-refractivity contribution in [3.05, 3.63) is 108 Å². The maximum Gasteiger partial charge on any atom is 0.124 e. The summed E-state index contributed by atoms with van der Waals surface area (Å²) in [6.07, 6.45) is 0. The average molecular weight is 459 g/mol. The van der Waals surface area contributed by atoms with E-state index in [1.165, 1.54) is 0 Å². The fourth-order valence-electron chi connectivity index (χ4n) is 4.88. The lowest BCUT2D eigenvalue weighted by molar-refractivity contribution is 0.476. The van der Waals surface area contributed by atoms with E-state index >= 15 is 0 Å². The molecule has 0 aliphatic heterocycles. The number of aromatic amines is 2. The van der Waals surface area contributed by atoms with E-state index in [-0.39, 0.29) is 16.9 Å². The van der Waals surface area contributed by atoms with E-state index < -0.39 is 0 Å². The molecule has 0 radical (unpaired) electrons. The van der Waals surface area contributed by atoms with E-state index in [1.54, 1.807) is 12.1 Å². The predicted octanol–water partition coefficient (Wildman–Crippen LogP) is 7.72. The molecule has 0 atom stereocenters. The van der Waals surface area contributed by atoms with Gasteiger partial charge in [0.15, 0.2) is 0 Å². The lowest BCUT2D eigenvalue weighted by atomic mass is 9.77. The van der Waals surface area contributed by atoms with E-state index in [9.17, 15) is 10.2 Å². The largest absolute Gasteiger partial charge is 0.507 e. The minimum Gasteiger partial charge on any atom is -0.507 e. The average Bonchev–Trinajstić information content (AvgIpc) is 3.48.